The molecule has 0 radical (unpaired) electrons. The van der Waals surface area contributed by atoms with Crippen LogP contribution in [0.2, 0.25) is 0 Å². The Labute approximate surface area is 125 Å². The number of ether oxygens (including phenoxy) is 1. The average Bonchev–Trinajstić information content (AvgIpc) is 2.36. The summed E-state index contributed by atoms with van der Waals surface area (Å²) in [5.41, 5.74) is -0.306. The zero-order valence-corrected chi connectivity index (χ0v) is 13.0. The van der Waals surface area contributed by atoms with E-state index in [1.165, 1.54) is 12.1 Å². The first-order chi connectivity index (χ1) is 9.84. The lowest BCUT2D eigenvalue weighted by molar-refractivity contribution is 0.152. The number of halogens is 2. The fraction of sp³-hybridized carbons (Fsp3) is 0.625. The molecule has 5 heteroatoms. The monoisotopic (exact) mass is 301 g/mol. The summed E-state index contributed by atoms with van der Waals surface area (Å²) in [6, 6.07) is 3.45. The van der Waals surface area contributed by atoms with Crippen molar-refractivity contribution in [2.75, 3.05) is 13.2 Å². The SMILES string of the molecule is CC(C)NC(C)(CO)CCCCOc1cc(F)cc(F)c1. The first-order valence-corrected chi connectivity index (χ1v) is 7.32. The van der Waals surface area contributed by atoms with Crippen LogP contribution in [0.4, 0.5) is 8.78 Å². The van der Waals surface area contributed by atoms with Crippen molar-refractivity contribution in [2.24, 2.45) is 0 Å². The van der Waals surface area contributed by atoms with Gasteiger partial charge in [0.15, 0.2) is 0 Å². The molecule has 0 saturated heterocycles. The van der Waals surface area contributed by atoms with E-state index < -0.39 is 11.6 Å². The van der Waals surface area contributed by atoms with Gasteiger partial charge in [-0.3, -0.25) is 0 Å². The summed E-state index contributed by atoms with van der Waals surface area (Å²) in [5, 5.41) is 12.8. The lowest BCUT2D eigenvalue weighted by atomic mass is 9.95. The van der Waals surface area contributed by atoms with E-state index in [0.29, 0.717) is 12.6 Å². The van der Waals surface area contributed by atoms with Crippen molar-refractivity contribution in [1.82, 2.24) is 5.32 Å². The summed E-state index contributed by atoms with van der Waals surface area (Å²) in [6.45, 7) is 6.52. The zero-order chi connectivity index (χ0) is 15.9. The quantitative estimate of drug-likeness (QED) is 0.688. The molecule has 21 heavy (non-hydrogen) atoms. The van der Waals surface area contributed by atoms with E-state index in [1.807, 2.05) is 20.8 Å². The molecule has 1 aromatic carbocycles. The molecule has 0 aliphatic carbocycles. The standard InChI is InChI=1S/C16H25F2NO2/c1-12(2)19-16(3,11-20)6-4-5-7-21-15-9-13(17)8-14(18)10-15/h8-10,12,19-20H,4-7,11H2,1-3H3. The van der Waals surface area contributed by atoms with Crippen LogP contribution in [0.1, 0.15) is 40.0 Å². The Hall–Kier alpha value is -1.20. The van der Waals surface area contributed by atoms with Gasteiger partial charge in [-0.15, -0.1) is 0 Å². The van der Waals surface area contributed by atoms with E-state index in [1.54, 1.807) is 0 Å². The van der Waals surface area contributed by atoms with Crippen molar-refractivity contribution >= 4 is 0 Å². The number of rotatable bonds is 9. The van der Waals surface area contributed by atoms with Crippen molar-refractivity contribution in [3.8, 4) is 5.75 Å². The number of nitrogens with one attached hydrogen (secondary N) is 1. The normalized spacial score (nSPS) is 14.2. The van der Waals surface area contributed by atoms with Crippen LogP contribution in [0.25, 0.3) is 0 Å². The maximum atomic E-state index is 13.0. The van der Waals surface area contributed by atoms with E-state index in [9.17, 15) is 13.9 Å². The van der Waals surface area contributed by atoms with Crippen LogP contribution < -0.4 is 10.1 Å². The highest BCUT2D eigenvalue weighted by Crippen LogP contribution is 2.17. The minimum absolute atomic E-state index is 0.0706. The van der Waals surface area contributed by atoms with Crippen molar-refractivity contribution in [1.29, 1.82) is 0 Å². The van der Waals surface area contributed by atoms with Crippen LogP contribution in [0.5, 0.6) is 5.75 Å². The molecule has 3 nitrogen and oxygen atoms in total. The predicted molar refractivity (Wildman–Crippen MR) is 79.5 cm³/mol. The number of aliphatic hydroxyl groups is 1. The maximum absolute atomic E-state index is 13.0. The maximum Gasteiger partial charge on any atom is 0.129 e. The van der Waals surface area contributed by atoms with Gasteiger partial charge in [-0.2, -0.15) is 0 Å². The Kier molecular flexibility index (Phi) is 7.05. The van der Waals surface area contributed by atoms with Gasteiger partial charge in [0.2, 0.25) is 0 Å². The van der Waals surface area contributed by atoms with Gasteiger partial charge in [0, 0.05) is 29.8 Å². The molecule has 0 fully saturated rings. The molecule has 1 atom stereocenters. The Morgan fingerprint density at radius 3 is 2.33 bits per heavy atom. The fourth-order valence-corrected chi connectivity index (χ4v) is 2.31. The number of hydrogen-bond donors (Lipinski definition) is 2. The highest BCUT2D eigenvalue weighted by molar-refractivity contribution is 5.23. The Bertz CT molecular complexity index is 420. The van der Waals surface area contributed by atoms with Gasteiger partial charge in [0.1, 0.15) is 17.4 Å². The summed E-state index contributed by atoms with van der Waals surface area (Å²) in [6.07, 6.45) is 2.42. The number of unbranched alkanes of at least 4 members (excludes halogenated alkanes) is 1. The Morgan fingerprint density at radius 2 is 1.81 bits per heavy atom. The fourth-order valence-electron chi connectivity index (χ4n) is 2.31. The van der Waals surface area contributed by atoms with E-state index >= 15 is 0 Å². The van der Waals surface area contributed by atoms with Gasteiger partial charge in [0.05, 0.1) is 13.2 Å². The number of benzene rings is 1. The second-order valence-electron chi connectivity index (χ2n) is 5.93. The molecular weight excluding hydrogens is 276 g/mol. The van der Waals surface area contributed by atoms with E-state index in [0.717, 1.165) is 25.3 Å². The lowest BCUT2D eigenvalue weighted by Gasteiger charge is -2.31. The van der Waals surface area contributed by atoms with E-state index in [-0.39, 0.29) is 17.9 Å². The predicted octanol–water partition coefficient (Wildman–Crippen LogP) is 3.26. The molecule has 0 spiro atoms. The first kappa shape index (κ1) is 17.9. The Balaban J connectivity index is 2.30. The van der Waals surface area contributed by atoms with Crippen LogP contribution in [-0.4, -0.2) is 29.9 Å². The van der Waals surface area contributed by atoms with Crippen LogP contribution >= 0.6 is 0 Å². The van der Waals surface area contributed by atoms with Gasteiger partial charge in [0.25, 0.3) is 0 Å². The van der Waals surface area contributed by atoms with Crippen molar-refractivity contribution in [3.05, 3.63) is 29.8 Å². The van der Waals surface area contributed by atoms with Crippen molar-refractivity contribution < 1.29 is 18.6 Å². The van der Waals surface area contributed by atoms with E-state index in [2.05, 4.69) is 5.32 Å². The van der Waals surface area contributed by atoms with Crippen LogP contribution in [0.15, 0.2) is 18.2 Å². The van der Waals surface area contributed by atoms with Crippen LogP contribution in [0, 0.1) is 11.6 Å². The smallest absolute Gasteiger partial charge is 0.129 e. The Morgan fingerprint density at radius 1 is 1.19 bits per heavy atom. The molecule has 0 bridgehead atoms. The van der Waals surface area contributed by atoms with Gasteiger partial charge in [-0.1, -0.05) is 13.8 Å². The molecule has 0 heterocycles. The molecular formula is C16H25F2NO2. The molecule has 0 aliphatic heterocycles. The summed E-state index contributed by atoms with van der Waals surface area (Å²) in [7, 11) is 0. The second-order valence-corrected chi connectivity index (χ2v) is 5.93. The molecule has 1 rings (SSSR count). The number of hydrogen-bond acceptors (Lipinski definition) is 3. The highest BCUT2D eigenvalue weighted by atomic mass is 19.1. The molecule has 2 N–H and O–H groups in total. The van der Waals surface area contributed by atoms with Gasteiger partial charge in [-0.05, 0) is 26.2 Å². The molecule has 1 unspecified atom stereocenters. The van der Waals surface area contributed by atoms with Gasteiger partial charge in [-0.25, -0.2) is 8.78 Å². The van der Waals surface area contributed by atoms with Crippen molar-refractivity contribution in [3.63, 3.8) is 0 Å². The summed E-state index contributed by atoms with van der Waals surface area (Å²) < 4.78 is 31.3. The molecule has 120 valence electrons. The summed E-state index contributed by atoms with van der Waals surface area (Å²) >= 11 is 0. The van der Waals surface area contributed by atoms with E-state index in [4.69, 9.17) is 4.74 Å². The van der Waals surface area contributed by atoms with Crippen LogP contribution in [0.3, 0.4) is 0 Å². The minimum Gasteiger partial charge on any atom is -0.493 e. The average molecular weight is 301 g/mol. The molecule has 0 aliphatic rings. The topological polar surface area (TPSA) is 41.5 Å². The number of aliphatic hydroxyl groups excluding tert-OH is 1. The highest BCUT2D eigenvalue weighted by Gasteiger charge is 2.22. The lowest BCUT2D eigenvalue weighted by Crippen LogP contribution is -2.49. The first-order valence-electron chi connectivity index (χ1n) is 7.32. The third-order valence-electron chi connectivity index (χ3n) is 3.21. The third kappa shape index (κ3) is 6.87. The minimum atomic E-state index is -0.640. The molecule has 0 amide bonds. The largest absolute Gasteiger partial charge is 0.493 e. The molecule has 1 aromatic rings. The third-order valence-corrected chi connectivity index (χ3v) is 3.21. The van der Waals surface area contributed by atoms with Crippen molar-refractivity contribution in [2.45, 2.75) is 51.6 Å². The zero-order valence-electron chi connectivity index (χ0n) is 13.0. The second kappa shape index (κ2) is 8.29. The summed E-state index contributed by atoms with van der Waals surface area (Å²) in [4.78, 5) is 0. The summed E-state index contributed by atoms with van der Waals surface area (Å²) in [5.74, 6) is -1.07. The van der Waals surface area contributed by atoms with Crippen LogP contribution in [-0.2, 0) is 0 Å². The molecule has 0 aromatic heterocycles. The molecule has 0 saturated carbocycles. The van der Waals surface area contributed by atoms with Gasteiger partial charge < -0.3 is 15.2 Å². The van der Waals surface area contributed by atoms with Gasteiger partial charge >= 0.3 is 0 Å².